The normalized spacial score (nSPS) is 14.9. The first-order valence-corrected chi connectivity index (χ1v) is 10.2. The summed E-state index contributed by atoms with van der Waals surface area (Å²) in [6.07, 6.45) is 1.80. The van der Waals surface area contributed by atoms with Gasteiger partial charge in [-0.1, -0.05) is 83.9 Å². The first-order chi connectivity index (χ1) is 15.0. The van der Waals surface area contributed by atoms with E-state index >= 15 is 0 Å². The summed E-state index contributed by atoms with van der Waals surface area (Å²) in [5.41, 5.74) is 6.43. The smallest absolute Gasteiger partial charge is 0.272 e. The molecule has 0 spiro atoms. The van der Waals surface area contributed by atoms with Gasteiger partial charge in [-0.3, -0.25) is 15.0 Å². The van der Waals surface area contributed by atoms with Crippen LogP contribution in [0.15, 0.2) is 89.6 Å². The van der Waals surface area contributed by atoms with Gasteiger partial charge in [-0.05, 0) is 36.3 Å². The second kappa shape index (κ2) is 8.98. The summed E-state index contributed by atoms with van der Waals surface area (Å²) in [5, 5.41) is 1.82. The number of aryl methyl sites for hydroxylation is 1. The molecule has 1 aliphatic rings. The molecule has 3 aromatic carbocycles. The molecule has 31 heavy (non-hydrogen) atoms. The van der Waals surface area contributed by atoms with Crippen LogP contribution >= 0.6 is 11.6 Å². The number of benzene rings is 3. The van der Waals surface area contributed by atoms with Gasteiger partial charge >= 0.3 is 0 Å². The van der Waals surface area contributed by atoms with E-state index in [2.05, 4.69) is 10.4 Å². The van der Waals surface area contributed by atoms with Gasteiger partial charge in [0.1, 0.15) is 5.70 Å². The Balaban J connectivity index is 1.70. The van der Waals surface area contributed by atoms with E-state index in [1.54, 1.807) is 30.3 Å². The molecule has 0 fully saturated rings. The Morgan fingerprint density at radius 3 is 2.35 bits per heavy atom. The number of carbonyl (C=O) groups excluding carboxylic acids is 2. The van der Waals surface area contributed by atoms with Gasteiger partial charge in [0.25, 0.3) is 11.8 Å². The first kappa shape index (κ1) is 20.6. The Morgan fingerprint density at radius 2 is 1.68 bits per heavy atom. The number of halogens is 1. The molecular weight excluding hydrogens is 410 g/mol. The van der Waals surface area contributed by atoms with E-state index in [-0.39, 0.29) is 18.0 Å². The van der Waals surface area contributed by atoms with Crippen LogP contribution in [0.2, 0.25) is 5.02 Å². The predicted octanol–water partition coefficient (Wildman–Crippen LogP) is 4.55. The minimum atomic E-state index is -0.440. The maximum absolute atomic E-state index is 13.1. The van der Waals surface area contributed by atoms with Crippen molar-refractivity contribution in [3.8, 4) is 0 Å². The quantitative estimate of drug-likeness (QED) is 0.618. The molecule has 0 atom stereocenters. The van der Waals surface area contributed by atoms with E-state index in [1.165, 1.54) is 5.01 Å². The van der Waals surface area contributed by atoms with Gasteiger partial charge in [0, 0.05) is 10.6 Å². The van der Waals surface area contributed by atoms with Crippen LogP contribution in [0.3, 0.4) is 0 Å². The lowest BCUT2D eigenvalue weighted by molar-refractivity contribution is -0.135. The van der Waals surface area contributed by atoms with Crippen molar-refractivity contribution in [2.45, 2.75) is 13.3 Å². The molecule has 0 bridgehead atoms. The van der Waals surface area contributed by atoms with Gasteiger partial charge in [0.15, 0.2) is 5.84 Å². The molecule has 0 unspecified atom stereocenters. The number of nitrogens with zero attached hydrogens (tertiary/aromatic N) is 2. The summed E-state index contributed by atoms with van der Waals surface area (Å²) in [6, 6.07) is 24.1. The average molecular weight is 430 g/mol. The van der Waals surface area contributed by atoms with Crippen molar-refractivity contribution in [2.75, 3.05) is 0 Å². The highest BCUT2D eigenvalue weighted by molar-refractivity contribution is 6.30. The summed E-state index contributed by atoms with van der Waals surface area (Å²) in [5.74, 6) is -0.366. The second-order valence-corrected chi connectivity index (χ2v) is 7.65. The number of amidine groups is 1. The molecule has 0 saturated carbocycles. The first-order valence-electron chi connectivity index (χ1n) is 9.80. The largest absolute Gasteiger partial charge is 0.288 e. The standard InChI is InChI=1S/C25H20ClN3O2/c1-17-7-9-18(10-8-17)15-22-25(31)28-29(24(27-22)20-5-3-2-4-6-20)23(30)16-19-11-13-21(26)14-12-19/h2-15H,16H2,1H3,(H,28,31)/b22-15+. The number of hydrazine groups is 1. The molecule has 154 valence electrons. The number of rotatable bonds is 4. The van der Waals surface area contributed by atoms with E-state index in [9.17, 15) is 9.59 Å². The number of nitrogens with one attached hydrogen (secondary N) is 1. The lowest BCUT2D eigenvalue weighted by Gasteiger charge is -2.29. The fraction of sp³-hybridized carbons (Fsp3) is 0.0800. The SMILES string of the molecule is Cc1ccc(/C=C2/N=C(c3ccccc3)N(C(=O)Cc3ccc(Cl)cc3)NC2=O)cc1. The van der Waals surface area contributed by atoms with Crippen molar-refractivity contribution >= 4 is 35.3 Å². The monoisotopic (exact) mass is 429 g/mol. The van der Waals surface area contributed by atoms with Crippen molar-refractivity contribution in [1.82, 2.24) is 10.4 Å². The fourth-order valence-electron chi connectivity index (χ4n) is 3.16. The average Bonchev–Trinajstić information content (AvgIpc) is 2.78. The summed E-state index contributed by atoms with van der Waals surface area (Å²) >= 11 is 5.93. The summed E-state index contributed by atoms with van der Waals surface area (Å²) in [7, 11) is 0. The lowest BCUT2D eigenvalue weighted by Crippen LogP contribution is -2.53. The van der Waals surface area contributed by atoms with Crippen molar-refractivity contribution in [1.29, 1.82) is 0 Å². The molecule has 1 heterocycles. The van der Waals surface area contributed by atoms with Gasteiger partial charge in [-0.15, -0.1) is 0 Å². The molecule has 2 amide bonds. The van der Waals surface area contributed by atoms with Crippen LogP contribution in [-0.2, 0) is 16.0 Å². The Bertz CT molecular complexity index is 1170. The minimum absolute atomic E-state index is 0.0975. The highest BCUT2D eigenvalue weighted by atomic mass is 35.5. The summed E-state index contributed by atoms with van der Waals surface area (Å²) in [4.78, 5) is 30.4. The number of aliphatic imine (C=N–C) groups is 1. The highest BCUT2D eigenvalue weighted by Crippen LogP contribution is 2.18. The molecule has 0 saturated heterocycles. The van der Waals surface area contributed by atoms with Crippen LogP contribution in [0.5, 0.6) is 0 Å². The van der Waals surface area contributed by atoms with Crippen LogP contribution in [0, 0.1) is 6.92 Å². The number of carbonyl (C=O) groups is 2. The minimum Gasteiger partial charge on any atom is -0.272 e. The van der Waals surface area contributed by atoms with Gasteiger partial charge in [0.2, 0.25) is 0 Å². The summed E-state index contributed by atoms with van der Waals surface area (Å²) < 4.78 is 0. The van der Waals surface area contributed by atoms with Gasteiger partial charge < -0.3 is 0 Å². The van der Waals surface area contributed by atoms with E-state index in [0.717, 1.165) is 22.3 Å². The molecule has 1 N–H and O–H groups in total. The van der Waals surface area contributed by atoms with E-state index in [0.29, 0.717) is 10.9 Å². The van der Waals surface area contributed by atoms with Crippen molar-refractivity contribution < 1.29 is 9.59 Å². The molecule has 5 nitrogen and oxygen atoms in total. The fourth-order valence-corrected chi connectivity index (χ4v) is 3.29. The van der Waals surface area contributed by atoms with Crippen molar-refractivity contribution in [3.05, 3.63) is 112 Å². The number of hydrogen-bond donors (Lipinski definition) is 1. The maximum atomic E-state index is 13.1. The second-order valence-electron chi connectivity index (χ2n) is 7.22. The van der Waals surface area contributed by atoms with Gasteiger partial charge in [-0.25, -0.2) is 10.0 Å². The molecule has 0 radical (unpaired) electrons. The van der Waals surface area contributed by atoms with Crippen molar-refractivity contribution in [2.24, 2.45) is 4.99 Å². The van der Waals surface area contributed by atoms with Crippen LogP contribution < -0.4 is 5.43 Å². The Morgan fingerprint density at radius 1 is 1.00 bits per heavy atom. The molecule has 6 heteroatoms. The topological polar surface area (TPSA) is 61.8 Å². The number of hydrogen-bond acceptors (Lipinski definition) is 3. The van der Waals surface area contributed by atoms with Crippen LogP contribution in [0.4, 0.5) is 0 Å². The third-order valence-electron chi connectivity index (χ3n) is 4.81. The van der Waals surface area contributed by atoms with Crippen LogP contribution in [0.1, 0.15) is 22.3 Å². The van der Waals surface area contributed by atoms with Gasteiger partial charge in [-0.2, -0.15) is 0 Å². The van der Waals surface area contributed by atoms with Crippen LogP contribution in [0.25, 0.3) is 6.08 Å². The molecule has 0 aliphatic carbocycles. The van der Waals surface area contributed by atoms with Gasteiger partial charge in [0.05, 0.1) is 6.42 Å². The third-order valence-corrected chi connectivity index (χ3v) is 5.07. The molecule has 1 aliphatic heterocycles. The number of amides is 2. The van der Waals surface area contributed by atoms with E-state index in [1.807, 2.05) is 61.5 Å². The third kappa shape index (κ3) is 4.90. The van der Waals surface area contributed by atoms with E-state index < -0.39 is 5.91 Å². The zero-order valence-corrected chi connectivity index (χ0v) is 17.6. The van der Waals surface area contributed by atoms with E-state index in [4.69, 9.17) is 11.6 Å². The molecule has 4 rings (SSSR count). The Kier molecular flexibility index (Phi) is 5.96. The van der Waals surface area contributed by atoms with Crippen molar-refractivity contribution in [3.63, 3.8) is 0 Å². The predicted molar refractivity (Wildman–Crippen MR) is 122 cm³/mol. The molecule has 0 aromatic heterocycles. The zero-order chi connectivity index (χ0) is 21.8. The lowest BCUT2D eigenvalue weighted by atomic mass is 10.1. The molecular formula is C25H20ClN3O2. The summed E-state index contributed by atoms with van der Waals surface area (Å²) in [6.45, 7) is 2.00. The Hall–Kier alpha value is -3.70. The maximum Gasteiger partial charge on any atom is 0.288 e. The Labute approximate surface area is 185 Å². The zero-order valence-electron chi connectivity index (χ0n) is 16.9. The highest BCUT2D eigenvalue weighted by Gasteiger charge is 2.29. The van der Waals surface area contributed by atoms with Crippen LogP contribution in [-0.4, -0.2) is 22.7 Å². The molecule has 3 aromatic rings.